The van der Waals surface area contributed by atoms with E-state index in [-0.39, 0.29) is 24.7 Å². The zero-order chi connectivity index (χ0) is 30.7. The fourth-order valence-corrected chi connectivity index (χ4v) is 5.26. The van der Waals surface area contributed by atoms with E-state index in [1.165, 1.54) is 7.05 Å². The van der Waals surface area contributed by atoms with Crippen LogP contribution in [0.4, 0.5) is 26.7 Å². The quantitative estimate of drug-likeness (QED) is 0.156. The second-order valence-corrected chi connectivity index (χ2v) is 10.2. The normalized spacial score (nSPS) is 13.2. The third-order valence-corrected chi connectivity index (χ3v) is 7.40. The standard InChI is InChI=1S/C33H26F5NO4/c1-39(32(41)43-19-26-24-13-7-5-11-22(24)23-12-6-8-14-25(23)26)29(31(40)42-18-20-9-3-2-4-10-20)17-21-15-27(34)30(28(35)16-21)33(36,37)38/h2-16,26,29H,17-19H2,1H3. The van der Waals surface area contributed by atoms with Gasteiger partial charge in [-0.05, 0) is 45.5 Å². The van der Waals surface area contributed by atoms with E-state index in [0.717, 1.165) is 27.2 Å². The second-order valence-electron chi connectivity index (χ2n) is 10.2. The van der Waals surface area contributed by atoms with Crippen molar-refractivity contribution in [3.05, 3.63) is 130 Å². The van der Waals surface area contributed by atoms with Gasteiger partial charge in [0.05, 0.1) is 0 Å². The smallest absolute Gasteiger partial charge is 0.422 e. The highest BCUT2D eigenvalue weighted by Crippen LogP contribution is 2.44. The lowest BCUT2D eigenvalue weighted by Crippen LogP contribution is -2.45. The van der Waals surface area contributed by atoms with Crippen molar-refractivity contribution in [1.82, 2.24) is 4.90 Å². The predicted molar refractivity (Wildman–Crippen MR) is 148 cm³/mol. The van der Waals surface area contributed by atoms with Crippen LogP contribution in [0, 0.1) is 11.6 Å². The van der Waals surface area contributed by atoms with Crippen LogP contribution in [0.25, 0.3) is 11.1 Å². The summed E-state index contributed by atoms with van der Waals surface area (Å²) in [7, 11) is 1.25. The molecule has 0 saturated heterocycles. The number of nitrogens with zero attached hydrogens (tertiary/aromatic N) is 1. The molecule has 5 nitrogen and oxygen atoms in total. The maximum Gasteiger partial charge on any atom is 0.422 e. The average Bonchev–Trinajstić information content (AvgIpc) is 3.30. The topological polar surface area (TPSA) is 55.8 Å². The molecule has 0 spiro atoms. The molecule has 1 atom stereocenters. The summed E-state index contributed by atoms with van der Waals surface area (Å²) in [4.78, 5) is 27.4. The molecule has 10 heteroatoms. The Labute approximate surface area is 244 Å². The molecule has 0 N–H and O–H groups in total. The summed E-state index contributed by atoms with van der Waals surface area (Å²) in [5.41, 5.74) is 2.29. The molecule has 0 aromatic heterocycles. The zero-order valence-electron chi connectivity index (χ0n) is 22.9. The molecule has 0 bridgehead atoms. The number of carbonyl (C=O) groups is 2. The van der Waals surface area contributed by atoms with Gasteiger partial charge in [0.25, 0.3) is 0 Å². The van der Waals surface area contributed by atoms with Gasteiger partial charge in [-0.15, -0.1) is 0 Å². The molecule has 1 unspecified atom stereocenters. The van der Waals surface area contributed by atoms with Crippen molar-refractivity contribution in [3.8, 4) is 11.1 Å². The Kier molecular flexibility index (Phi) is 8.47. The van der Waals surface area contributed by atoms with Crippen molar-refractivity contribution in [3.63, 3.8) is 0 Å². The van der Waals surface area contributed by atoms with Gasteiger partial charge >= 0.3 is 18.2 Å². The zero-order valence-corrected chi connectivity index (χ0v) is 22.9. The lowest BCUT2D eigenvalue weighted by atomic mass is 9.98. The summed E-state index contributed by atoms with van der Waals surface area (Å²) in [6, 6.07) is 23.6. The van der Waals surface area contributed by atoms with E-state index in [9.17, 15) is 31.5 Å². The van der Waals surface area contributed by atoms with Crippen molar-refractivity contribution >= 4 is 12.1 Å². The minimum absolute atomic E-state index is 0.0630. The molecule has 43 heavy (non-hydrogen) atoms. The van der Waals surface area contributed by atoms with Crippen LogP contribution in [0.1, 0.15) is 33.7 Å². The Bertz CT molecular complexity index is 1570. The first-order chi connectivity index (χ1) is 20.5. The number of amides is 1. The van der Waals surface area contributed by atoms with E-state index in [4.69, 9.17) is 9.47 Å². The second kappa shape index (κ2) is 12.2. The van der Waals surface area contributed by atoms with Crippen molar-refractivity contribution in [2.24, 2.45) is 0 Å². The minimum Gasteiger partial charge on any atom is -0.459 e. The number of likely N-dealkylation sites (N-methyl/N-ethyl adjacent to an activating group) is 1. The monoisotopic (exact) mass is 595 g/mol. The maximum atomic E-state index is 14.3. The molecule has 0 saturated carbocycles. The van der Waals surface area contributed by atoms with Gasteiger partial charge in [0, 0.05) is 19.4 Å². The number of ether oxygens (including phenoxy) is 2. The summed E-state index contributed by atoms with van der Waals surface area (Å²) in [5.74, 6) is -4.86. The Morgan fingerprint density at radius 2 is 1.33 bits per heavy atom. The number of hydrogen-bond acceptors (Lipinski definition) is 4. The van der Waals surface area contributed by atoms with Crippen molar-refractivity contribution < 1.29 is 41.0 Å². The van der Waals surface area contributed by atoms with Crippen molar-refractivity contribution in [2.45, 2.75) is 31.2 Å². The highest BCUT2D eigenvalue weighted by Gasteiger charge is 2.39. The van der Waals surface area contributed by atoms with Gasteiger partial charge in [-0.1, -0.05) is 78.9 Å². The van der Waals surface area contributed by atoms with Gasteiger partial charge in [-0.3, -0.25) is 4.90 Å². The van der Waals surface area contributed by atoms with Gasteiger partial charge in [-0.2, -0.15) is 13.2 Å². The molecule has 1 aliphatic rings. The molecule has 1 amide bonds. The van der Waals surface area contributed by atoms with Gasteiger partial charge < -0.3 is 9.47 Å². The lowest BCUT2D eigenvalue weighted by Gasteiger charge is -2.27. The highest BCUT2D eigenvalue weighted by atomic mass is 19.4. The van der Waals surface area contributed by atoms with Gasteiger partial charge in [-0.25, -0.2) is 18.4 Å². The minimum atomic E-state index is -5.25. The Balaban J connectivity index is 1.36. The summed E-state index contributed by atoms with van der Waals surface area (Å²) in [6.07, 6.45) is -6.70. The fourth-order valence-electron chi connectivity index (χ4n) is 5.26. The molecule has 0 fully saturated rings. The SMILES string of the molecule is CN(C(=O)OCC1c2ccccc2-c2ccccc21)C(Cc1cc(F)c(C(F)(F)F)c(F)c1)C(=O)OCc1ccccc1. The molecule has 0 aliphatic heterocycles. The molecule has 4 aromatic carbocycles. The number of halogens is 5. The average molecular weight is 596 g/mol. The van der Waals surface area contributed by atoms with Crippen LogP contribution in [0.2, 0.25) is 0 Å². The van der Waals surface area contributed by atoms with Crippen LogP contribution in [-0.2, 0) is 33.5 Å². The number of alkyl halides is 3. The first-order valence-electron chi connectivity index (χ1n) is 13.4. The number of rotatable bonds is 8. The molecule has 5 rings (SSSR count). The Morgan fingerprint density at radius 1 is 0.791 bits per heavy atom. The van der Waals surface area contributed by atoms with E-state index in [0.29, 0.717) is 17.7 Å². The number of fused-ring (bicyclic) bond motifs is 3. The molecule has 0 heterocycles. The van der Waals surface area contributed by atoms with Gasteiger partial charge in [0.2, 0.25) is 0 Å². The van der Waals surface area contributed by atoms with E-state index >= 15 is 0 Å². The van der Waals surface area contributed by atoms with Crippen LogP contribution in [0.5, 0.6) is 0 Å². The molecule has 1 aliphatic carbocycles. The van der Waals surface area contributed by atoms with Crippen LogP contribution < -0.4 is 0 Å². The third-order valence-electron chi connectivity index (χ3n) is 7.40. The predicted octanol–water partition coefficient (Wildman–Crippen LogP) is 7.52. The maximum absolute atomic E-state index is 14.3. The van der Waals surface area contributed by atoms with Gasteiger partial charge in [0.1, 0.15) is 36.5 Å². The number of hydrogen-bond donors (Lipinski definition) is 0. The van der Waals surface area contributed by atoms with Gasteiger partial charge in [0.15, 0.2) is 0 Å². The summed E-state index contributed by atoms with van der Waals surface area (Å²) < 4.78 is 79.0. The summed E-state index contributed by atoms with van der Waals surface area (Å²) in [6.45, 7) is -0.225. The number of esters is 1. The Hall–Kier alpha value is -4.73. The molecular formula is C33H26F5NO4. The number of carbonyl (C=O) groups excluding carboxylic acids is 2. The molecular weight excluding hydrogens is 569 g/mol. The van der Waals surface area contributed by atoms with Crippen LogP contribution in [-0.4, -0.2) is 36.7 Å². The third kappa shape index (κ3) is 6.38. The summed E-state index contributed by atoms with van der Waals surface area (Å²) >= 11 is 0. The van der Waals surface area contributed by atoms with Crippen LogP contribution in [0.3, 0.4) is 0 Å². The molecule has 222 valence electrons. The van der Waals surface area contributed by atoms with E-state index < -0.39 is 47.9 Å². The summed E-state index contributed by atoms with van der Waals surface area (Å²) in [5, 5.41) is 0. The van der Waals surface area contributed by atoms with E-state index in [1.54, 1.807) is 30.3 Å². The lowest BCUT2D eigenvalue weighted by molar-refractivity contribution is -0.150. The first kappa shape index (κ1) is 29.8. The van der Waals surface area contributed by atoms with Crippen LogP contribution in [0.15, 0.2) is 91.0 Å². The fraction of sp³-hybridized carbons (Fsp3) is 0.212. The molecule has 0 radical (unpaired) electrons. The first-order valence-corrected chi connectivity index (χ1v) is 13.4. The van der Waals surface area contributed by atoms with Crippen molar-refractivity contribution in [1.29, 1.82) is 0 Å². The van der Waals surface area contributed by atoms with Crippen LogP contribution >= 0.6 is 0 Å². The molecule has 4 aromatic rings. The number of benzene rings is 4. The Morgan fingerprint density at radius 3 is 1.88 bits per heavy atom. The van der Waals surface area contributed by atoms with Crippen molar-refractivity contribution in [2.75, 3.05) is 13.7 Å². The van der Waals surface area contributed by atoms with E-state index in [1.807, 2.05) is 48.5 Å². The largest absolute Gasteiger partial charge is 0.459 e. The highest BCUT2D eigenvalue weighted by molar-refractivity contribution is 5.82. The van der Waals surface area contributed by atoms with E-state index in [2.05, 4.69) is 0 Å².